The molecule has 0 aliphatic rings. The van der Waals surface area contributed by atoms with Gasteiger partial charge in [-0.2, -0.15) is 0 Å². The zero-order valence-electron chi connectivity index (χ0n) is 14.8. The Morgan fingerprint density at radius 2 is 1.72 bits per heavy atom. The van der Waals surface area contributed by atoms with Gasteiger partial charge in [0, 0.05) is 20.1 Å². The summed E-state index contributed by atoms with van der Waals surface area (Å²) in [4.78, 5) is 19.7. The second-order valence-electron chi connectivity index (χ2n) is 5.86. The van der Waals surface area contributed by atoms with E-state index in [4.69, 9.17) is 4.98 Å². The summed E-state index contributed by atoms with van der Waals surface area (Å²) >= 11 is 1.52. The number of aromatic nitrogens is 2. The van der Waals surface area contributed by atoms with Gasteiger partial charge in [-0.05, 0) is 31.5 Å². The molecule has 2 aromatic carbocycles. The molecule has 3 rings (SSSR count). The third-order valence-electron chi connectivity index (χ3n) is 4.37. The summed E-state index contributed by atoms with van der Waals surface area (Å²) in [7, 11) is 2.00. The Hall–Kier alpha value is -2.27. The summed E-state index contributed by atoms with van der Waals surface area (Å²) in [5.41, 5.74) is 3.04. The van der Waals surface area contributed by atoms with E-state index in [1.54, 1.807) is 0 Å². The Bertz CT molecular complexity index is 856. The minimum absolute atomic E-state index is 0.133. The number of rotatable bonds is 6. The molecule has 0 saturated heterocycles. The van der Waals surface area contributed by atoms with Crippen LogP contribution in [0.15, 0.2) is 59.8 Å². The van der Waals surface area contributed by atoms with Crippen molar-refractivity contribution in [1.82, 2.24) is 14.5 Å². The first-order chi connectivity index (χ1) is 12.2. The number of hydrogen-bond acceptors (Lipinski definition) is 3. The summed E-state index contributed by atoms with van der Waals surface area (Å²) in [5, 5.41) is 0.562. The van der Waals surface area contributed by atoms with E-state index in [9.17, 15) is 4.79 Å². The van der Waals surface area contributed by atoms with Crippen molar-refractivity contribution in [3.05, 3.63) is 60.2 Å². The SMILES string of the molecule is CCN(CC)C(=O)[C@@H](Sc1nc2ccccc2n1C)c1ccccc1. The molecule has 0 N–H and O–H groups in total. The monoisotopic (exact) mass is 353 g/mol. The standard InChI is InChI=1S/C20H23N3OS/c1-4-23(5-2)19(24)18(15-11-7-6-8-12-15)25-20-21-16-13-9-10-14-17(16)22(20)3/h6-14,18H,4-5H2,1-3H3/t18-/m0/s1. The van der Waals surface area contributed by atoms with Crippen LogP contribution in [-0.4, -0.2) is 33.4 Å². The lowest BCUT2D eigenvalue weighted by Crippen LogP contribution is -2.34. The Kier molecular flexibility index (Phi) is 5.43. The lowest BCUT2D eigenvalue weighted by atomic mass is 10.1. The molecule has 0 fully saturated rings. The van der Waals surface area contributed by atoms with Crippen molar-refractivity contribution in [2.45, 2.75) is 24.3 Å². The number of imidazole rings is 1. The fourth-order valence-electron chi connectivity index (χ4n) is 2.92. The van der Waals surface area contributed by atoms with Crippen LogP contribution in [0, 0.1) is 0 Å². The number of carbonyl (C=O) groups is 1. The minimum atomic E-state index is -0.295. The first kappa shape index (κ1) is 17.5. The van der Waals surface area contributed by atoms with E-state index in [-0.39, 0.29) is 11.2 Å². The van der Waals surface area contributed by atoms with Gasteiger partial charge >= 0.3 is 0 Å². The molecule has 130 valence electrons. The van der Waals surface area contributed by atoms with Gasteiger partial charge in [-0.25, -0.2) is 4.98 Å². The Balaban J connectivity index is 1.99. The Morgan fingerprint density at radius 1 is 1.08 bits per heavy atom. The molecule has 0 aliphatic heterocycles. The molecule has 3 aromatic rings. The molecular weight excluding hydrogens is 330 g/mol. The maximum absolute atomic E-state index is 13.1. The quantitative estimate of drug-likeness (QED) is 0.621. The van der Waals surface area contributed by atoms with Crippen LogP contribution in [0.5, 0.6) is 0 Å². The zero-order valence-corrected chi connectivity index (χ0v) is 15.7. The predicted molar refractivity (Wildman–Crippen MR) is 104 cm³/mol. The maximum Gasteiger partial charge on any atom is 0.240 e. The molecule has 5 heteroatoms. The zero-order chi connectivity index (χ0) is 17.8. The molecular formula is C20H23N3OS. The lowest BCUT2D eigenvalue weighted by Gasteiger charge is -2.25. The van der Waals surface area contributed by atoms with E-state index >= 15 is 0 Å². The number of fused-ring (bicyclic) bond motifs is 1. The van der Waals surface area contributed by atoms with Gasteiger partial charge in [0.1, 0.15) is 5.25 Å². The van der Waals surface area contributed by atoms with E-state index in [0.717, 1.165) is 21.8 Å². The van der Waals surface area contributed by atoms with Crippen LogP contribution in [-0.2, 0) is 11.8 Å². The molecule has 1 heterocycles. The smallest absolute Gasteiger partial charge is 0.240 e. The normalized spacial score (nSPS) is 12.3. The van der Waals surface area contributed by atoms with Crippen LogP contribution >= 0.6 is 11.8 Å². The molecule has 0 unspecified atom stereocenters. The highest BCUT2D eigenvalue weighted by Gasteiger charge is 2.27. The van der Waals surface area contributed by atoms with Crippen LogP contribution in [0.2, 0.25) is 0 Å². The van der Waals surface area contributed by atoms with Gasteiger partial charge in [-0.3, -0.25) is 4.79 Å². The number of benzene rings is 2. The van der Waals surface area contributed by atoms with Crippen LogP contribution in [0.25, 0.3) is 11.0 Å². The van der Waals surface area contributed by atoms with Gasteiger partial charge in [0.05, 0.1) is 11.0 Å². The Labute approximate surface area is 152 Å². The summed E-state index contributed by atoms with van der Waals surface area (Å²) in [6.45, 7) is 5.45. The summed E-state index contributed by atoms with van der Waals surface area (Å²) in [6, 6.07) is 18.0. The topological polar surface area (TPSA) is 38.1 Å². The Morgan fingerprint density at radius 3 is 2.36 bits per heavy atom. The number of carbonyl (C=O) groups excluding carboxylic acids is 1. The number of thioether (sulfide) groups is 1. The third-order valence-corrected chi connectivity index (χ3v) is 5.66. The van der Waals surface area contributed by atoms with Crippen molar-refractivity contribution in [3.8, 4) is 0 Å². The molecule has 4 nitrogen and oxygen atoms in total. The van der Waals surface area contributed by atoms with Crippen LogP contribution in [0.3, 0.4) is 0 Å². The molecule has 25 heavy (non-hydrogen) atoms. The number of nitrogens with zero attached hydrogens (tertiary/aromatic N) is 3. The third kappa shape index (κ3) is 3.56. The molecule has 0 bridgehead atoms. The van der Waals surface area contributed by atoms with Crippen molar-refractivity contribution >= 4 is 28.7 Å². The summed E-state index contributed by atoms with van der Waals surface area (Å²) in [5.74, 6) is 0.133. The van der Waals surface area contributed by atoms with Crippen molar-refractivity contribution in [2.24, 2.45) is 7.05 Å². The number of amides is 1. The van der Waals surface area contributed by atoms with Crippen molar-refractivity contribution < 1.29 is 4.79 Å². The van der Waals surface area contributed by atoms with Crippen molar-refractivity contribution in [1.29, 1.82) is 0 Å². The lowest BCUT2D eigenvalue weighted by molar-refractivity contribution is -0.130. The van der Waals surface area contributed by atoms with Gasteiger partial charge in [0.15, 0.2) is 5.16 Å². The molecule has 0 spiro atoms. The average molecular weight is 353 g/mol. The van der Waals surface area contributed by atoms with Gasteiger partial charge in [0.2, 0.25) is 5.91 Å². The number of likely N-dealkylation sites (N-methyl/N-ethyl adjacent to an activating group) is 1. The summed E-state index contributed by atoms with van der Waals surface area (Å²) in [6.07, 6.45) is 0. The van der Waals surface area contributed by atoms with Gasteiger partial charge < -0.3 is 9.47 Å². The van der Waals surface area contributed by atoms with E-state index in [1.165, 1.54) is 11.8 Å². The first-order valence-corrected chi connectivity index (χ1v) is 9.45. The molecule has 0 radical (unpaired) electrons. The fraction of sp³-hybridized carbons (Fsp3) is 0.300. The van der Waals surface area contributed by atoms with Crippen LogP contribution in [0.1, 0.15) is 24.7 Å². The molecule has 1 amide bonds. The maximum atomic E-state index is 13.1. The predicted octanol–water partition coefficient (Wildman–Crippen LogP) is 4.28. The number of hydrogen-bond donors (Lipinski definition) is 0. The highest BCUT2D eigenvalue weighted by atomic mass is 32.2. The second kappa shape index (κ2) is 7.74. The first-order valence-electron chi connectivity index (χ1n) is 8.57. The van der Waals surface area contributed by atoms with Crippen LogP contribution in [0.4, 0.5) is 0 Å². The highest BCUT2D eigenvalue weighted by molar-refractivity contribution is 8.00. The van der Waals surface area contributed by atoms with E-state index < -0.39 is 0 Å². The molecule has 1 atom stereocenters. The summed E-state index contributed by atoms with van der Waals surface area (Å²) < 4.78 is 2.06. The van der Waals surface area contributed by atoms with Crippen molar-refractivity contribution in [2.75, 3.05) is 13.1 Å². The number of aryl methyl sites for hydroxylation is 1. The molecule has 1 aromatic heterocycles. The second-order valence-corrected chi connectivity index (χ2v) is 6.93. The largest absolute Gasteiger partial charge is 0.342 e. The highest BCUT2D eigenvalue weighted by Crippen LogP contribution is 2.37. The van der Waals surface area contributed by atoms with E-state index in [1.807, 2.05) is 74.3 Å². The fourth-order valence-corrected chi connectivity index (χ4v) is 4.09. The number of para-hydroxylation sites is 2. The van der Waals surface area contributed by atoms with Gasteiger partial charge in [0.25, 0.3) is 0 Å². The minimum Gasteiger partial charge on any atom is -0.342 e. The molecule has 0 saturated carbocycles. The van der Waals surface area contributed by atoms with Gasteiger partial charge in [-0.15, -0.1) is 0 Å². The van der Waals surface area contributed by atoms with Crippen LogP contribution < -0.4 is 0 Å². The average Bonchev–Trinajstić information content (AvgIpc) is 2.97. The van der Waals surface area contributed by atoms with Crippen molar-refractivity contribution in [3.63, 3.8) is 0 Å². The van der Waals surface area contributed by atoms with Gasteiger partial charge in [-0.1, -0.05) is 54.2 Å². The molecule has 0 aliphatic carbocycles. The van der Waals surface area contributed by atoms with E-state index in [0.29, 0.717) is 13.1 Å². The van der Waals surface area contributed by atoms with E-state index in [2.05, 4.69) is 10.6 Å².